The van der Waals surface area contributed by atoms with Crippen molar-refractivity contribution in [2.24, 2.45) is 0 Å². The van der Waals surface area contributed by atoms with E-state index in [1.165, 1.54) is 11.8 Å². The normalized spacial score (nSPS) is 14.7. The third-order valence-electron chi connectivity index (χ3n) is 5.22. The van der Waals surface area contributed by atoms with Crippen molar-refractivity contribution >= 4 is 29.0 Å². The van der Waals surface area contributed by atoms with E-state index in [1.54, 1.807) is 6.08 Å². The highest BCUT2D eigenvalue weighted by Crippen LogP contribution is 2.28. The van der Waals surface area contributed by atoms with Crippen molar-refractivity contribution in [1.29, 1.82) is 0 Å². The lowest BCUT2D eigenvalue weighted by atomic mass is 10.2. The molecule has 1 amide bonds. The van der Waals surface area contributed by atoms with Gasteiger partial charge in [-0.25, -0.2) is 0 Å². The topological polar surface area (TPSA) is 72.3 Å². The average molecular weight is 450 g/mol. The van der Waals surface area contributed by atoms with Gasteiger partial charge in [-0.1, -0.05) is 48.2 Å². The second-order valence-electron chi connectivity index (χ2n) is 7.47. The zero-order chi connectivity index (χ0) is 22.3. The highest BCUT2D eigenvalue weighted by molar-refractivity contribution is 8.00. The summed E-state index contributed by atoms with van der Waals surface area (Å²) in [6, 6.07) is 17.8. The van der Waals surface area contributed by atoms with Gasteiger partial charge < -0.3 is 15.0 Å². The van der Waals surface area contributed by atoms with Gasteiger partial charge in [0.05, 0.1) is 18.5 Å². The number of ether oxygens (including phenoxy) is 1. The van der Waals surface area contributed by atoms with Crippen LogP contribution in [0.25, 0.3) is 11.4 Å². The SMILES string of the molecule is C=CCn1c(SC(C)C(=O)Nc2ccc(N3CCOCC3)cc2)nnc1-c1ccccc1. The largest absolute Gasteiger partial charge is 0.378 e. The van der Waals surface area contributed by atoms with Crippen molar-refractivity contribution in [3.63, 3.8) is 0 Å². The van der Waals surface area contributed by atoms with Crippen LogP contribution in [-0.4, -0.2) is 52.2 Å². The zero-order valence-corrected chi connectivity index (χ0v) is 18.9. The molecule has 0 saturated carbocycles. The second-order valence-corrected chi connectivity index (χ2v) is 8.78. The molecule has 0 aliphatic carbocycles. The number of rotatable bonds is 8. The van der Waals surface area contributed by atoms with Gasteiger partial charge in [-0.2, -0.15) is 0 Å². The Bertz CT molecular complexity index is 1050. The number of amides is 1. The van der Waals surface area contributed by atoms with E-state index in [4.69, 9.17) is 4.74 Å². The molecule has 8 heteroatoms. The molecular weight excluding hydrogens is 422 g/mol. The van der Waals surface area contributed by atoms with Crippen LogP contribution in [0.15, 0.2) is 72.4 Å². The van der Waals surface area contributed by atoms with E-state index in [2.05, 4.69) is 27.0 Å². The first-order valence-corrected chi connectivity index (χ1v) is 11.5. The van der Waals surface area contributed by atoms with Gasteiger partial charge in [0, 0.05) is 36.6 Å². The molecular formula is C24H27N5O2S. The minimum atomic E-state index is -0.342. The van der Waals surface area contributed by atoms with Crippen LogP contribution in [0.2, 0.25) is 0 Å². The summed E-state index contributed by atoms with van der Waals surface area (Å²) >= 11 is 1.39. The molecule has 1 aliphatic rings. The Morgan fingerprint density at radius 3 is 2.56 bits per heavy atom. The van der Waals surface area contributed by atoms with Gasteiger partial charge in [-0.15, -0.1) is 16.8 Å². The molecule has 1 aromatic heterocycles. The lowest BCUT2D eigenvalue weighted by Gasteiger charge is -2.28. The van der Waals surface area contributed by atoms with E-state index in [-0.39, 0.29) is 11.2 Å². The third-order valence-corrected chi connectivity index (χ3v) is 6.30. The quantitative estimate of drug-likeness (QED) is 0.413. The number of carbonyl (C=O) groups is 1. The first-order valence-electron chi connectivity index (χ1n) is 10.7. The Morgan fingerprint density at radius 2 is 1.88 bits per heavy atom. The lowest BCUT2D eigenvalue weighted by molar-refractivity contribution is -0.115. The molecule has 3 aromatic rings. The summed E-state index contributed by atoms with van der Waals surface area (Å²) in [5.74, 6) is 0.683. The first-order chi connectivity index (χ1) is 15.7. The van der Waals surface area contributed by atoms with Gasteiger partial charge in [0.25, 0.3) is 0 Å². The summed E-state index contributed by atoms with van der Waals surface area (Å²) in [5.41, 5.74) is 2.89. The molecule has 1 unspecified atom stereocenters. The van der Waals surface area contributed by atoms with Crippen LogP contribution in [0, 0.1) is 0 Å². The van der Waals surface area contributed by atoms with Crippen molar-refractivity contribution in [3.05, 3.63) is 67.3 Å². The summed E-state index contributed by atoms with van der Waals surface area (Å²) in [5, 5.41) is 12.0. The highest BCUT2D eigenvalue weighted by atomic mass is 32.2. The number of nitrogens with one attached hydrogen (secondary N) is 1. The molecule has 1 aliphatic heterocycles. The van der Waals surface area contributed by atoms with E-state index < -0.39 is 0 Å². The summed E-state index contributed by atoms with van der Waals surface area (Å²) in [6.45, 7) is 9.55. The van der Waals surface area contributed by atoms with E-state index >= 15 is 0 Å². The van der Waals surface area contributed by atoms with Gasteiger partial charge in [0.2, 0.25) is 5.91 Å². The molecule has 1 saturated heterocycles. The van der Waals surface area contributed by atoms with Crippen LogP contribution in [0.3, 0.4) is 0 Å². The summed E-state index contributed by atoms with van der Waals surface area (Å²) in [6.07, 6.45) is 1.81. The van der Waals surface area contributed by atoms with Gasteiger partial charge in [0.15, 0.2) is 11.0 Å². The Morgan fingerprint density at radius 1 is 1.16 bits per heavy atom. The van der Waals surface area contributed by atoms with Crippen LogP contribution in [0.4, 0.5) is 11.4 Å². The number of hydrogen-bond acceptors (Lipinski definition) is 6. The third kappa shape index (κ3) is 5.20. The molecule has 0 bridgehead atoms. The van der Waals surface area contributed by atoms with Crippen molar-refractivity contribution < 1.29 is 9.53 Å². The minimum absolute atomic E-state index is 0.0801. The smallest absolute Gasteiger partial charge is 0.237 e. The molecule has 1 fully saturated rings. The van der Waals surface area contributed by atoms with Gasteiger partial charge >= 0.3 is 0 Å². The molecule has 166 valence electrons. The number of carbonyl (C=O) groups excluding carboxylic acids is 1. The van der Waals surface area contributed by atoms with Crippen molar-refractivity contribution in [1.82, 2.24) is 14.8 Å². The van der Waals surface area contributed by atoms with Crippen molar-refractivity contribution in [2.45, 2.75) is 23.9 Å². The molecule has 0 spiro atoms. The summed E-state index contributed by atoms with van der Waals surface area (Å²) in [7, 11) is 0. The maximum atomic E-state index is 12.8. The molecule has 0 radical (unpaired) electrons. The molecule has 2 heterocycles. The fourth-order valence-electron chi connectivity index (χ4n) is 3.50. The lowest BCUT2D eigenvalue weighted by Crippen LogP contribution is -2.36. The predicted molar refractivity (Wildman–Crippen MR) is 129 cm³/mol. The Hall–Kier alpha value is -3.10. The molecule has 1 N–H and O–H groups in total. The standard InChI is InChI=1S/C24H27N5O2S/c1-3-13-29-22(19-7-5-4-6-8-19)26-27-24(29)32-18(2)23(30)25-20-9-11-21(12-10-20)28-14-16-31-17-15-28/h3-12,18H,1,13-17H2,2H3,(H,25,30). The van der Waals surface area contributed by atoms with E-state index in [1.807, 2.05) is 66.1 Å². The second kappa shape index (κ2) is 10.5. The first kappa shape index (κ1) is 22.1. The molecule has 32 heavy (non-hydrogen) atoms. The van der Waals surface area contributed by atoms with E-state index in [9.17, 15) is 4.79 Å². The monoisotopic (exact) mass is 449 g/mol. The minimum Gasteiger partial charge on any atom is -0.378 e. The maximum Gasteiger partial charge on any atom is 0.237 e. The fourth-order valence-corrected chi connectivity index (χ4v) is 4.36. The van der Waals surface area contributed by atoms with Crippen LogP contribution >= 0.6 is 11.8 Å². The van der Waals surface area contributed by atoms with Gasteiger partial charge in [-0.05, 0) is 31.2 Å². The van der Waals surface area contributed by atoms with Crippen molar-refractivity contribution in [2.75, 3.05) is 36.5 Å². The molecule has 7 nitrogen and oxygen atoms in total. The number of aromatic nitrogens is 3. The van der Waals surface area contributed by atoms with Crippen LogP contribution in [-0.2, 0) is 16.1 Å². The van der Waals surface area contributed by atoms with Crippen LogP contribution in [0.5, 0.6) is 0 Å². The molecule has 4 rings (SSSR count). The zero-order valence-electron chi connectivity index (χ0n) is 18.1. The van der Waals surface area contributed by atoms with Crippen molar-refractivity contribution in [3.8, 4) is 11.4 Å². The predicted octanol–water partition coefficient (Wildman–Crippen LogP) is 4.09. The van der Waals surface area contributed by atoms with E-state index in [0.717, 1.165) is 49.1 Å². The summed E-state index contributed by atoms with van der Waals surface area (Å²) < 4.78 is 7.39. The number of morpholine rings is 1. The maximum absolute atomic E-state index is 12.8. The highest BCUT2D eigenvalue weighted by Gasteiger charge is 2.21. The van der Waals surface area contributed by atoms with Gasteiger partial charge in [0.1, 0.15) is 0 Å². The number of thioether (sulfide) groups is 1. The average Bonchev–Trinajstić information content (AvgIpc) is 3.23. The molecule has 1 atom stereocenters. The van der Waals surface area contributed by atoms with Gasteiger partial charge in [-0.3, -0.25) is 9.36 Å². The van der Waals surface area contributed by atoms with Crippen LogP contribution < -0.4 is 10.2 Å². The Balaban J connectivity index is 1.41. The summed E-state index contributed by atoms with van der Waals surface area (Å²) in [4.78, 5) is 15.1. The Labute approximate surface area is 192 Å². The van der Waals surface area contributed by atoms with Crippen LogP contribution in [0.1, 0.15) is 6.92 Å². The fraction of sp³-hybridized carbons (Fsp3) is 0.292. The number of nitrogens with zero attached hydrogens (tertiary/aromatic N) is 4. The number of allylic oxidation sites excluding steroid dienone is 1. The number of hydrogen-bond donors (Lipinski definition) is 1. The number of benzene rings is 2. The number of anilines is 2. The molecule has 2 aromatic carbocycles. The Kier molecular flexibility index (Phi) is 7.24. The van der Waals surface area contributed by atoms with E-state index in [0.29, 0.717) is 11.7 Å².